The Balaban J connectivity index is 4.31. The molecule has 2 atom stereocenters. The molecule has 0 aliphatic heterocycles. The number of aliphatic hydroxyl groups excluding tert-OH is 1. The molecule has 0 aromatic carbocycles. The van der Waals surface area contributed by atoms with Gasteiger partial charge in [0.05, 0.1) is 6.61 Å². The van der Waals surface area contributed by atoms with Crippen molar-refractivity contribution in [2.45, 2.75) is 57.4 Å². The van der Waals surface area contributed by atoms with Crippen molar-refractivity contribution in [1.29, 1.82) is 0 Å². The van der Waals surface area contributed by atoms with E-state index in [4.69, 9.17) is 11.5 Å². The SMILES string of the molecule is CCCC(=O)[C@H](N)SCCNC(=O)CC[C@](O)(C(N)=O)C(C)(C)CO. The number of nitrogens with two attached hydrogens (primary N) is 2. The number of nitrogens with one attached hydrogen (secondary N) is 1. The molecule has 25 heavy (non-hydrogen) atoms. The molecule has 0 heterocycles. The Morgan fingerprint density at radius 3 is 2.32 bits per heavy atom. The van der Waals surface area contributed by atoms with Crippen LogP contribution in [0.25, 0.3) is 0 Å². The lowest BCUT2D eigenvalue weighted by molar-refractivity contribution is -0.156. The fourth-order valence-corrected chi connectivity index (χ4v) is 2.94. The Hall–Kier alpha value is -1.16. The van der Waals surface area contributed by atoms with Gasteiger partial charge in [0.25, 0.3) is 0 Å². The van der Waals surface area contributed by atoms with E-state index in [1.54, 1.807) is 0 Å². The van der Waals surface area contributed by atoms with Gasteiger partial charge >= 0.3 is 0 Å². The van der Waals surface area contributed by atoms with Crippen LogP contribution in [0.1, 0.15) is 46.5 Å². The number of ketones is 1. The predicted octanol–water partition coefficient (Wildman–Crippen LogP) is -0.495. The van der Waals surface area contributed by atoms with Gasteiger partial charge in [0, 0.05) is 30.6 Å². The van der Waals surface area contributed by atoms with Crippen LogP contribution in [0.3, 0.4) is 0 Å². The quantitative estimate of drug-likeness (QED) is 0.214. The number of carbonyl (C=O) groups excluding carboxylic acids is 3. The molecule has 0 aromatic heterocycles. The number of primary amides is 1. The molecule has 9 heteroatoms. The molecule has 0 saturated heterocycles. The topological polar surface area (TPSA) is 156 Å². The normalized spacial score (nSPS) is 15.3. The highest BCUT2D eigenvalue weighted by Gasteiger charge is 2.48. The smallest absolute Gasteiger partial charge is 0.250 e. The van der Waals surface area contributed by atoms with E-state index < -0.39 is 28.9 Å². The molecule has 0 aliphatic carbocycles. The van der Waals surface area contributed by atoms with E-state index in [0.717, 1.165) is 6.42 Å². The van der Waals surface area contributed by atoms with Crippen molar-refractivity contribution in [3.8, 4) is 0 Å². The molecule has 0 unspecified atom stereocenters. The third kappa shape index (κ3) is 7.31. The van der Waals surface area contributed by atoms with Gasteiger partial charge in [-0.1, -0.05) is 20.8 Å². The molecule has 0 aromatic rings. The molecule has 2 amide bonds. The Labute approximate surface area is 153 Å². The van der Waals surface area contributed by atoms with Crippen molar-refractivity contribution in [2.24, 2.45) is 16.9 Å². The van der Waals surface area contributed by atoms with Gasteiger partial charge in [0.1, 0.15) is 5.37 Å². The van der Waals surface area contributed by atoms with E-state index in [9.17, 15) is 24.6 Å². The van der Waals surface area contributed by atoms with Gasteiger partial charge in [-0.25, -0.2) is 0 Å². The largest absolute Gasteiger partial charge is 0.396 e. The van der Waals surface area contributed by atoms with Crippen LogP contribution < -0.4 is 16.8 Å². The van der Waals surface area contributed by atoms with E-state index >= 15 is 0 Å². The fourth-order valence-electron chi connectivity index (χ4n) is 2.17. The Kier molecular flexibility index (Phi) is 10.2. The Morgan fingerprint density at radius 2 is 1.84 bits per heavy atom. The Morgan fingerprint density at radius 1 is 1.24 bits per heavy atom. The van der Waals surface area contributed by atoms with E-state index in [0.29, 0.717) is 18.7 Å². The summed E-state index contributed by atoms with van der Waals surface area (Å²) in [4.78, 5) is 35.0. The highest BCUT2D eigenvalue weighted by molar-refractivity contribution is 8.00. The summed E-state index contributed by atoms with van der Waals surface area (Å²) in [7, 11) is 0. The van der Waals surface area contributed by atoms with Crippen molar-refractivity contribution in [3.63, 3.8) is 0 Å². The summed E-state index contributed by atoms with van der Waals surface area (Å²) < 4.78 is 0. The highest BCUT2D eigenvalue weighted by atomic mass is 32.2. The number of aliphatic hydroxyl groups is 2. The lowest BCUT2D eigenvalue weighted by Gasteiger charge is -2.38. The maximum absolute atomic E-state index is 11.9. The van der Waals surface area contributed by atoms with Crippen LogP contribution in [0.5, 0.6) is 0 Å². The molecule has 146 valence electrons. The number of rotatable bonds is 13. The molecule has 0 bridgehead atoms. The first-order chi connectivity index (χ1) is 11.5. The summed E-state index contributed by atoms with van der Waals surface area (Å²) in [6.45, 7) is 4.77. The lowest BCUT2D eigenvalue weighted by Crippen LogP contribution is -2.56. The fraction of sp³-hybridized carbons (Fsp3) is 0.812. The van der Waals surface area contributed by atoms with Gasteiger partial charge in [-0.3, -0.25) is 14.4 Å². The van der Waals surface area contributed by atoms with E-state index in [-0.39, 0.29) is 24.5 Å². The van der Waals surface area contributed by atoms with Gasteiger partial charge < -0.3 is 27.0 Å². The van der Waals surface area contributed by atoms with Crippen molar-refractivity contribution >= 4 is 29.4 Å². The third-order valence-corrected chi connectivity index (χ3v) is 5.23. The van der Waals surface area contributed by atoms with Gasteiger partial charge in [-0.05, 0) is 12.8 Å². The summed E-state index contributed by atoms with van der Waals surface area (Å²) in [6, 6.07) is 0. The van der Waals surface area contributed by atoms with Crippen LogP contribution in [0.2, 0.25) is 0 Å². The third-order valence-electron chi connectivity index (χ3n) is 4.17. The summed E-state index contributed by atoms with van der Waals surface area (Å²) in [5.41, 5.74) is 7.82. The summed E-state index contributed by atoms with van der Waals surface area (Å²) in [5.74, 6) is -0.876. The monoisotopic (exact) mass is 377 g/mol. The highest BCUT2D eigenvalue weighted by Crippen LogP contribution is 2.34. The number of hydrogen-bond donors (Lipinski definition) is 5. The second-order valence-corrected chi connectivity index (χ2v) is 7.87. The second kappa shape index (κ2) is 10.7. The number of Topliss-reactive ketones (excluding diaryl/α,β-unsaturated/α-hetero) is 1. The van der Waals surface area contributed by atoms with E-state index in [2.05, 4.69) is 5.32 Å². The molecule has 0 spiro atoms. The van der Waals surface area contributed by atoms with Crippen LogP contribution in [0.15, 0.2) is 0 Å². The van der Waals surface area contributed by atoms with Gasteiger partial charge in [0.2, 0.25) is 11.8 Å². The zero-order valence-corrected chi connectivity index (χ0v) is 16.0. The molecule has 0 fully saturated rings. The molecule has 0 radical (unpaired) electrons. The van der Waals surface area contributed by atoms with Crippen LogP contribution >= 0.6 is 11.8 Å². The van der Waals surface area contributed by atoms with Crippen LogP contribution in [0.4, 0.5) is 0 Å². The van der Waals surface area contributed by atoms with Crippen LogP contribution in [-0.2, 0) is 14.4 Å². The number of amides is 2. The predicted molar refractivity (Wildman–Crippen MR) is 97.6 cm³/mol. The second-order valence-electron chi connectivity index (χ2n) is 6.62. The summed E-state index contributed by atoms with van der Waals surface area (Å²) >= 11 is 1.26. The number of thioether (sulfide) groups is 1. The maximum atomic E-state index is 11.9. The summed E-state index contributed by atoms with van der Waals surface area (Å²) in [5, 5.41) is 21.8. The molecule has 0 aliphatic rings. The minimum atomic E-state index is -1.98. The molecule has 8 nitrogen and oxygen atoms in total. The molecule has 0 rings (SSSR count). The van der Waals surface area contributed by atoms with E-state index in [1.807, 2.05) is 6.92 Å². The maximum Gasteiger partial charge on any atom is 0.250 e. The van der Waals surface area contributed by atoms with Gasteiger partial charge in [0.15, 0.2) is 11.4 Å². The lowest BCUT2D eigenvalue weighted by atomic mass is 9.72. The molecular formula is C16H31N3O5S. The van der Waals surface area contributed by atoms with Crippen molar-refractivity contribution in [1.82, 2.24) is 5.32 Å². The minimum Gasteiger partial charge on any atom is -0.396 e. The standard InChI is InChI=1S/C16H31N3O5S/c1-4-5-11(21)13(17)25-9-8-19-12(22)6-7-16(24,14(18)23)15(2,3)10-20/h13,20,24H,4-10,17H2,1-3H3,(H2,18,23)(H,19,22)/t13-,16+/m1/s1. The minimum absolute atomic E-state index is 0.0171. The zero-order chi connectivity index (χ0) is 19.7. The Bertz CT molecular complexity index is 473. The average molecular weight is 378 g/mol. The first kappa shape index (κ1) is 23.8. The number of carbonyl (C=O) groups is 3. The first-order valence-corrected chi connectivity index (χ1v) is 9.36. The van der Waals surface area contributed by atoms with E-state index in [1.165, 1.54) is 25.6 Å². The molecule has 0 saturated carbocycles. The van der Waals surface area contributed by atoms with Crippen molar-refractivity contribution in [3.05, 3.63) is 0 Å². The number of hydrogen-bond acceptors (Lipinski definition) is 7. The molecular weight excluding hydrogens is 346 g/mol. The van der Waals surface area contributed by atoms with Crippen LogP contribution in [0, 0.1) is 5.41 Å². The zero-order valence-electron chi connectivity index (χ0n) is 15.2. The first-order valence-electron chi connectivity index (χ1n) is 8.31. The average Bonchev–Trinajstić information content (AvgIpc) is 2.55. The van der Waals surface area contributed by atoms with Crippen molar-refractivity contribution < 1.29 is 24.6 Å². The molecule has 7 N–H and O–H groups in total. The summed E-state index contributed by atoms with van der Waals surface area (Å²) in [6.07, 6.45) is 0.876. The van der Waals surface area contributed by atoms with Gasteiger partial charge in [-0.15, -0.1) is 11.8 Å². The van der Waals surface area contributed by atoms with Crippen LogP contribution in [-0.4, -0.2) is 57.7 Å². The van der Waals surface area contributed by atoms with Gasteiger partial charge in [-0.2, -0.15) is 0 Å². The van der Waals surface area contributed by atoms with Crippen molar-refractivity contribution in [2.75, 3.05) is 18.9 Å².